The predicted octanol–water partition coefficient (Wildman–Crippen LogP) is 1.69. The molecule has 6 heteroatoms. The smallest absolute Gasteiger partial charge is 0.237 e. The van der Waals surface area contributed by atoms with Crippen LogP contribution in [0.2, 0.25) is 0 Å². The minimum atomic E-state index is -1.08. The second-order valence-electron chi connectivity index (χ2n) is 7.71. The first-order valence-electron chi connectivity index (χ1n) is 8.57. The number of carbonyl (C=O) groups excluding carboxylic acids is 1. The SMILES string of the molecule is CC1CCC(C)N1CC(C)(C)NCC(=O)N1C[C@@H](F)C[C@H]1C#N. The zero-order chi connectivity index (χ0) is 17.2. The van der Waals surface area contributed by atoms with E-state index in [0.717, 1.165) is 6.54 Å². The van der Waals surface area contributed by atoms with Crippen molar-refractivity contribution in [2.45, 2.75) is 76.8 Å². The van der Waals surface area contributed by atoms with Gasteiger partial charge in [0.05, 0.1) is 19.2 Å². The Labute approximate surface area is 138 Å². The van der Waals surface area contributed by atoms with Crippen molar-refractivity contribution in [3.63, 3.8) is 0 Å². The molecule has 2 rings (SSSR count). The highest BCUT2D eigenvalue weighted by molar-refractivity contribution is 5.79. The van der Waals surface area contributed by atoms with Gasteiger partial charge in [-0.3, -0.25) is 9.69 Å². The van der Waals surface area contributed by atoms with Crippen molar-refractivity contribution in [1.29, 1.82) is 5.26 Å². The zero-order valence-corrected chi connectivity index (χ0v) is 14.7. The highest BCUT2D eigenvalue weighted by Gasteiger charge is 2.36. The first-order chi connectivity index (χ1) is 10.7. The Morgan fingerprint density at radius 2 is 1.96 bits per heavy atom. The van der Waals surface area contributed by atoms with Crippen molar-refractivity contribution in [2.75, 3.05) is 19.6 Å². The van der Waals surface area contributed by atoms with Crippen LogP contribution in [0.3, 0.4) is 0 Å². The first kappa shape index (κ1) is 18.2. The second-order valence-corrected chi connectivity index (χ2v) is 7.71. The fourth-order valence-corrected chi connectivity index (χ4v) is 3.67. The van der Waals surface area contributed by atoms with Gasteiger partial charge in [-0.1, -0.05) is 0 Å². The number of hydrogen-bond donors (Lipinski definition) is 1. The lowest BCUT2D eigenvalue weighted by Gasteiger charge is -2.36. The average Bonchev–Trinajstić information content (AvgIpc) is 3.01. The molecule has 1 N–H and O–H groups in total. The summed E-state index contributed by atoms with van der Waals surface area (Å²) in [5.41, 5.74) is -0.209. The number of likely N-dealkylation sites (tertiary alicyclic amines) is 2. The topological polar surface area (TPSA) is 59.4 Å². The highest BCUT2D eigenvalue weighted by atomic mass is 19.1. The van der Waals surface area contributed by atoms with Crippen LogP contribution in [0.25, 0.3) is 0 Å². The summed E-state index contributed by atoms with van der Waals surface area (Å²) >= 11 is 0. The highest BCUT2D eigenvalue weighted by Crippen LogP contribution is 2.25. The van der Waals surface area contributed by atoms with E-state index in [9.17, 15) is 9.18 Å². The maximum absolute atomic E-state index is 13.4. The number of nitrogens with one attached hydrogen (secondary N) is 1. The molecular weight excluding hydrogens is 295 g/mol. The van der Waals surface area contributed by atoms with Gasteiger partial charge in [-0.25, -0.2) is 4.39 Å². The number of amides is 1. The Morgan fingerprint density at radius 1 is 1.35 bits per heavy atom. The molecule has 0 spiro atoms. The maximum atomic E-state index is 13.4. The van der Waals surface area contributed by atoms with Gasteiger partial charge in [0.15, 0.2) is 0 Å². The first-order valence-corrected chi connectivity index (χ1v) is 8.57. The van der Waals surface area contributed by atoms with Crippen LogP contribution in [-0.2, 0) is 4.79 Å². The van der Waals surface area contributed by atoms with Gasteiger partial charge in [0.2, 0.25) is 5.91 Å². The van der Waals surface area contributed by atoms with Crippen molar-refractivity contribution in [1.82, 2.24) is 15.1 Å². The van der Waals surface area contributed by atoms with E-state index in [4.69, 9.17) is 5.26 Å². The molecule has 0 bridgehead atoms. The summed E-state index contributed by atoms with van der Waals surface area (Å²) in [6.07, 6.45) is 1.48. The van der Waals surface area contributed by atoms with Crippen molar-refractivity contribution < 1.29 is 9.18 Å². The van der Waals surface area contributed by atoms with Gasteiger partial charge in [0.25, 0.3) is 0 Å². The molecular formula is C17H29FN4O. The normalized spacial score (nSPS) is 32.3. The number of halogens is 1. The average molecular weight is 324 g/mol. The number of rotatable bonds is 5. The lowest BCUT2D eigenvalue weighted by atomic mass is 10.0. The van der Waals surface area contributed by atoms with Crippen LogP contribution in [0.4, 0.5) is 4.39 Å². The van der Waals surface area contributed by atoms with Gasteiger partial charge >= 0.3 is 0 Å². The Balaban J connectivity index is 1.86. The molecule has 130 valence electrons. The molecule has 1 amide bonds. The van der Waals surface area contributed by atoms with Crippen LogP contribution in [0.1, 0.15) is 47.0 Å². The van der Waals surface area contributed by atoms with Crippen molar-refractivity contribution in [3.8, 4) is 6.07 Å². The molecule has 0 aromatic heterocycles. The Bertz CT molecular complexity index is 466. The molecule has 2 unspecified atom stereocenters. The van der Waals surface area contributed by atoms with E-state index < -0.39 is 12.2 Å². The maximum Gasteiger partial charge on any atom is 0.237 e. The number of hydrogen-bond acceptors (Lipinski definition) is 4. The minimum Gasteiger partial charge on any atom is -0.323 e. The van der Waals surface area contributed by atoms with Crippen LogP contribution in [-0.4, -0.2) is 65.2 Å². The van der Waals surface area contributed by atoms with E-state index in [1.807, 2.05) is 6.07 Å². The van der Waals surface area contributed by atoms with E-state index in [1.54, 1.807) is 0 Å². The second kappa shape index (κ2) is 7.14. The van der Waals surface area contributed by atoms with Gasteiger partial charge in [-0.15, -0.1) is 0 Å². The molecule has 0 aromatic carbocycles. The summed E-state index contributed by atoms with van der Waals surface area (Å²) in [4.78, 5) is 16.1. The lowest BCUT2D eigenvalue weighted by Crippen LogP contribution is -2.54. The molecule has 2 aliphatic rings. The molecule has 0 saturated carbocycles. The van der Waals surface area contributed by atoms with Crippen LogP contribution in [0.5, 0.6) is 0 Å². The molecule has 2 fully saturated rings. The van der Waals surface area contributed by atoms with E-state index >= 15 is 0 Å². The molecule has 5 nitrogen and oxygen atoms in total. The monoisotopic (exact) mass is 324 g/mol. The van der Waals surface area contributed by atoms with Gasteiger partial charge in [0.1, 0.15) is 12.2 Å². The number of nitrogens with zero attached hydrogens (tertiary/aromatic N) is 3. The third kappa shape index (κ3) is 4.42. The van der Waals surface area contributed by atoms with Crippen molar-refractivity contribution in [2.24, 2.45) is 0 Å². The Hall–Kier alpha value is -1.19. The summed E-state index contributed by atoms with van der Waals surface area (Å²) in [5, 5.41) is 12.3. The fraction of sp³-hybridized carbons (Fsp3) is 0.882. The zero-order valence-electron chi connectivity index (χ0n) is 14.7. The standard InChI is InChI=1S/C17H29FN4O/c1-12-5-6-13(2)22(12)11-17(3,4)20-9-16(23)21-10-14(18)7-15(21)8-19/h12-15,20H,5-7,9-11H2,1-4H3/t12?,13?,14-,15-/m0/s1. The van der Waals surface area contributed by atoms with E-state index in [0.29, 0.717) is 12.1 Å². The molecule has 2 saturated heterocycles. The molecule has 0 aliphatic carbocycles. The summed E-state index contributed by atoms with van der Waals surface area (Å²) in [6, 6.07) is 2.53. The lowest BCUT2D eigenvalue weighted by molar-refractivity contribution is -0.130. The van der Waals surface area contributed by atoms with Crippen molar-refractivity contribution >= 4 is 5.91 Å². The van der Waals surface area contributed by atoms with Crippen LogP contribution in [0.15, 0.2) is 0 Å². The molecule has 4 atom stereocenters. The van der Waals surface area contributed by atoms with Gasteiger partial charge in [-0.2, -0.15) is 5.26 Å². The van der Waals surface area contributed by atoms with Crippen molar-refractivity contribution in [3.05, 3.63) is 0 Å². The third-order valence-electron chi connectivity index (χ3n) is 5.15. The van der Waals surface area contributed by atoms with Crippen LogP contribution < -0.4 is 5.32 Å². The summed E-state index contributed by atoms with van der Waals surface area (Å²) in [5.74, 6) is -0.188. The summed E-state index contributed by atoms with van der Waals surface area (Å²) < 4.78 is 13.4. The number of carbonyl (C=O) groups is 1. The minimum absolute atomic E-state index is 0.0410. The molecule has 0 aromatic rings. The number of nitriles is 1. The Morgan fingerprint density at radius 3 is 2.52 bits per heavy atom. The predicted molar refractivity (Wildman–Crippen MR) is 87.6 cm³/mol. The molecule has 0 radical (unpaired) electrons. The molecule has 2 heterocycles. The van der Waals surface area contributed by atoms with Gasteiger partial charge in [0, 0.05) is 30.6 Å². The Kier molecular flexibility index (Phi) is 5.64. The molecule has 2 aliphatic heterocycles. The van der Waals surface area contributed by atoms with E-state index in [-0.39, 0.29) is 31.0 Å². The van der Waals surface area contributed by atoms with Crippen LogP contribution >= 0.6 is 0 Å². The summed E-state index contributed by atoms with van der Waals surface area (Å²) in [6.45, 7) is 9.72. The van der Waals surface area contributed by atoms with Gasteiger partial charge in [-0.05, 0) is 40.5 Å². The summed E-state index contributed by atoms with van der Waals surface area (Å²) in [7, 11) is 0. The fourth-order valence-electron chi connectivity index (χ4n) is 3.67. The third-order valence-corrected chi connectivity index (χ3v) is 5.15. The number of alkyl halides is 1. The van der Waals surface area contributed by atoms with E-state index in [1.165, 1.54) is 17.7 Å². The molecule has 23 heavy (non-hydrogen) atoms. The quantitative estimate of drug-likeness (QED) is 0.836. The van der Waals surface area contributed by atoms with E-state index in [2.05, 4.69) is 37.9 Å². The largest absolute Gasteiger partial charge is 0.323 e. The van der Waals surface area contributed by atoms with Gasteiger partial charge < -0.3 is 10.2 Å². The van der Waals surface area contributed by atoms with Crippen LogP contribution in [0, 0.1) is 11.3 Å².